The fourth-order valence-corrected chi connectivity index (χ4v) is 2.01. The molecule has 3 nitrogen and oxygen atoms in total. The van der Waals surface area contributed by atoms with Crippen molar-refractivity contribution in [2.24, 2.45) is 0 Å². The first-order chi connectivity index (χ1) is 8.13. The van der Waals surface area contributed by atoms with Gasteiger partial charge in [-0.2, -0.15) is 0 Å². The van der Waals surface area contributed by atoms with Crippen LogP contribution in [-0.2, 0) is 6.54 Å². The molecule has 0 amide bonds. The number of halogens is 3. The van der Waals surface area contributed by atoms with Crippen LogP contribution in [0.15, 0.2) is 29.2 Å². The van der Waals surface area contributed by atoms with Crippen LogP contribution in [0.1, 0.15) is 0 Å². The molecule has 1 aromatic heterocycles. The Bertz CT molecular complexity index is 384. The second kappa shape index (κ2) is 7.55. The first-order valence-corrected chi connectivity index (χ1v) is 6.47. The van der Waals surface area contributed by atoms with Gasteiger partial charge >= 0.3 is 0 Å². The maximum absolute atomic E-state index is 12.3. The Morgan fingerprint density at radius 2 is 2.12 bits per heavy atom. The number of aromatic nitrogens is 1. The van der Waals surface area contributed by atoms with Gasteiger partial charge in [-0.05, 0) is 6.07 Å². The van der Waals surface area contributed by atoms with E-state index in [2.05, 4.69) is 15.9 Å². The van der Waals surface area contributed by atoms with Crippen molar-refractivity contribution in [1.29, 1.82) is 0 Å². The number of pyridine rings is 1. The summed E-state index contributed by atoms with van der Waals surface area (Å²) in [6.07, 6.45) is -0.682. The zero-order valence-electron chi connectivity index (χ0n) is 9.36. The van der Waals surface area contributed by atoms with Crippen LogP contribution in [0.25, 0.3) is 0 Å². The predicted molar refractivity (Wildman–Crippen MR) is 66.9 cm³/mol. The highest BCUT2D eigenvalue weighted by molar-refractivity contribution is 9.09. The van der Waals surface area contributed by atoms with E-state index in [4.69, 9.17) is 0 Å². The van der Waals surface area contributed by atoms with E-state index in [1.807, 2.05) is 0 Å². The standard InChI is InChI=1S/C11H15BrF2N2O/c12-4-6-15(9-10(13)14)7-8-16-5-2-1-3-11(16)17/h1-3,5,10H,4,6-9H2. The number of rotatable bonds is 7. The molecule has 0 aliphatic heterocycles. The Hall–Kier alpha value is -0.750. The molecule has 0 spiro atoms. The molecule has 0 aliphatic rings. The zero-order valence-corrected chi connectivity index (χ0v) is 10.9. The van der Waals surface area contributed by atoms with E-state index < -0.39 is 6.43 Å². The molecule has 1 aromatic rings. The molecule has 0 N–H and O–H groups in total. The van der Waals surface area contributed by atoms with Crippen LogP contribution in [0.3, 0.4) is 0 Å². The summed E-state index contributed by atoms with van der Waals surface area (Å²) in [5.74, 6) is 0. The highest BCUT2D eigenvalue weighted by Crippen LogP contribution is 2.00. The SMILES string of the molecule is O=c1ccccn1CCN(CCBr)CC(F)F. The summed E-state index contributed by atoms with van der Waals surface area (Å²) < 4.78 is 26.1. The molecule has 0 atom stereocenters. The Morgan fingerprint density at radius 1 is 1.35 bits per heavy atom. The summed E-state index contributed by atoms with van der Waals surface area (Å²) in [4.78, 5) is 13.0. The number of alkyl halides is 3. The molecule has 0 saturated heterocycles. The van der Waals surface area contributed by atoms with E-state index in [9.17, 15) is 13.6 Å². The molecule has 0 aromatic carbocycles. The first kappa shape index (κ1) is 14.3. The topological polar surface area (TPSA) is 25.2 Å². The van der Waals surface area contributed by atoms with Crippen LogP contribution in [0.4, 0.5) is 8.78 Å². The maximum Gasteiger partial charge on any atom is 0.251 e. The molecule has 0 bridgehead atoms. The zero-order chi connectivity index (χ0) is 12.7. The molecular weight excluding hydrogens is 294 g/mol. The number of hydrogen-bond acceptors (Lipinski definition) is 2. The second-order valence-electron chi connectivity index (χ2n) is 3.61. The van der Waals surface area contributed by atoms with Gasteiger partial charge in [0.1, 0.15) is 0 Å². The number of nitrogens with zero attached hydrogens (tertiary/aromatic N) is 2. The maximum atomic E-state index is 12.3. The molecule has 17 heavy (non-hydrogen) atoms. The molecule has 6 heteroatoms. The van der Waals surface area contributed by atoms with Gasteiger partial charge in [-0.1, -0.05) is 22.0 Å². The minimum atomic E-state index is -2.35. The second-order valence-corrected chi connectivity index (χ2v) is 4.41. The monoisotopic (exact) mass is 308 g/mol. The fraction of sp³-hybridized carbons (Fsp3) is 0.545. The molecule has 0 unspecified atom stereocenters. The minimum Gasteiger partial charge on any atom is -0.314 e. The van der Waals surface area contributed by atoms with Crippen molar-refractivity contribution in [3.05, 3.63) is 34.7 Å². The number of hydrogen-bond donors (Lipinski definition) is 0. The normalized spacial score (nSPS) is 11.4. The van der Waals surface area contributed by atoms with Gasteiger partial charge in [0, 0.05) is 37.2 Å². The molecule has 0 saturated carbocycles. The molecule has 0 radical (unpaired) electrons. The van der Waals surface area contributed by atoms with E-state index in [-0.39, 0.29) is 12.1 Å². The first-order valence-electron chi connectivity index (χ1n) is 5.35. The average Bonchev–Trinajstić information content (AvgIpc) is 2.27. The lowest BCUT2D eigenvalue weighted by Crippen LogP contribution is -2.35. The highest BCUT2D eigenvalue weighted by atomic mass is 79.9. The fourth-order valence-electron chi connectivity index (χ4n) is 1.50. The Kier molecular flexibility index (Phi) is 6.36. The van der Waals surface area contributed by atoms with Gasteiger partial charge in [0.2, 0.25) is 0 Å². The van der Waals surface area contributed by atoms with Crippen molar-refractivity contribution in [2.45, 2.75) is 13.0 Å². The van der Waals surface area contributed by atoms with Crippen molar-refractivity contribution >= 4 is 15.9 Å². The summed E-state index contributed by atoms with van der Waals surface area (Å²) >= 11 is 3.23. The summed E-state index contributed by atoms with van der Waals surface area (Å²) in [5, 5.41) is 0.642. The summed E-state index contributed by atoms with van der Waals surface area (Å²) in [6.45, 7) is 1.17. The van der Waals surface area contributed by atoms with Gasteiger partial charge in [-0.25, -0.2) is 8.78 Å². The molecule has 0 aliphatic carbocycles. The molecule has 1 rings (SSSR count). The third kappa shape index (κ3) is 5.41. The third-order valence-electron chi connectivity index (χ3n) is 2.35. The Labute approximate surface area is 107 Å². The summed E-state index contributed by atoms with van der Waals surface area (Å²) in [7, 11) is 0. The van der Waals surface area contributed by atoms with Gasteiger partial charge in [0.15, 0.2) is 0 Å². The Balaban J connectivity index is 2.51. The average molecular weight is 309 g/mol. The lowest BCUT2D eigenvalue weighted by molar-refractivity contribution is 0.0896. The lowest BCUT2D eigenvalue weighted by Gasteiger charge is -2.21. The van der Waals surface area contributed by atoms with Crippen molar-refractivity contribution < 1.29 is 8.78 Å². The van der Waals surface area contributed by atoms with Crippen molar-refractivity contribution in [2.75, 3.05) is 25.0 Å². The molecular formula is C11H15BrF2N2O. The van der Waals surface area contributed by atoms with Gasteiger partial charge in [0.05, 0.1) is 6.54 Å². The van der Waals surface area contributed by atoms with Crippen molar-refractivity contribution in [3.63, 3.8) is 0 Å². The molecule has 0 fully saturated rings. The van der Waals surface area contributed by atoms with E-state index in [0.29, 0.717) is 25.0 Å². The van der Waals surface area contributed by atoms with E-state index in [1.165, 1.54) is 10.6 Å². The quantitative estimate of drug-likeness (QED) is 0.718. The highest BCUT2D eigenvalue weighted by Gasteiger charge is 2.11. The largest absolute Gasteiger partial charge is 0.314 e. The van der Waals surface area contributed by atoms with Crippen LogP contribution in [0, 0.1) is 0 Å². The van der Waals surface area contributed by atoms with Crippen LogP contribution < -0.4 is 5.56 Å². The minimum absolute atomic E-state index is 0.108. The van der Waals surface area contributed by atoms with E-state index in [0.717, 1.165) is 0 Å². The van der Waals surface area contributed by atoms with Crippen LogP contribution in [-0.4, -0.2) is 40.9 Å². The van der Waals surface area contributed by atoms with E-state index >= 15 is 0 Å². The summed E-state index contributed by atoms with van der Waals surface area (Å²) in [6, 6.07) is 4.87. The lowest BCUT2D eigenvalue weighted by atomic mass is 10.4. The van der Waals surface area contributed by atoms with Gasteiger partial charge in [-0.15, -0.1) is 0 Å². The van der Waals surface area contributed by atoms with Crippen molar-refractivity contribution in [1.82, 2.24) is 9.47 Å². The predicted octanol–water partition coefficient (Wildman–Crippen LogP) is 1.81. The van der Waals surface area contributed by atoms with Crippen LogP contribution >= 0.6 is 15.9 Å². The Morgan fingerprint density at radius 3 is 2.71 bits per heavy atom. The van der Waals surface area contributed by atoms with Crippen LogP contribution in [0.2, 0.25) is 0 Å². The van der Waals surface area contributed by atoms with E-state index in [1.54, 1.807) is 23.2 Å². The molecule has 1 heterocycles. The molecule has 96 valence electrons. The van der Waals surface area contributed by atoms with Crippen molar-refractivity contribution in [3.8, 4) is 0 Å². The summed E-state index contributed by atoms with van der Waals surface area (Å²) in [5.41, 5.74) is -0.108. The van der Waals surface area contributed by atoms with Crippen LogP contribution in [0.5, 0.6) is 0 Å². The third-order valence-corrected chi connectivity index (χ3v) is 2.71. The van der Waals surface area contributed by atoms with Gasteiger partial charge < -0.3 is 4.57 Å². The smallest absolute Gasteiger partial charge is 0.251 e. The van der Waals surface area contributed by atoms with Gasteiger partial charge in [0.25, 0.3) is 12.0 Å². The van der Waals surface area contributed by atoms with Gasteiger partial charge in [-0.3, -0.25) is 9.69 Å².